The van der Waals surface area contributed by atoms with Gasteiger partial charge < -0.3 is 19.3 Å². The number of benzene rings is 2. The van der Waals surface area contributed by atoms with Crippen LogP contribution in [-0.2, 0) is 9.53 Å². The van der Waals surface area contributed by atoms with Gasteiger partial charge in [0.05, 0.1) is 19.9 Å². The Bertz CT molecular complexity index is 1330. The molecule has 0 saturated carbocycles. The second-order valence-corrected chi connectivity index (χ2v) is 7.70. The largest absolute Gasteiger partial charge is 0.497 e. The first kappa shape index (κ1) is 22.2. The maximum absolute atomic E-state index is 12.7. The molecular formula is C22H18BrN5O5. The average Bonchev–Trinajstić information content (AvgIpc) is 3.44. The van der Waals surface area contributed by atoms with Crippen molar-refractivity contribution in [3.05, 3.63) is 58.7 Å². The molecule has 0 aliphatic carbocycles. The van der Waals surface area contributed by atoms with Crippen molar-refractivity contribution in [2.45, 2.75) is 6.92 Å². The van der Waals surface area contributed by atoms with E-state index < -0.39 is 11.9 Å². The first-order valence-electron chi connectivity index (χ1n) is 9.64. The van der Waals surface area contributed by atoms with Crippen LogP contribution in [0.4, 0.5) is 5.69 Å². The highest BCUT2D eigenvalue weighted by Crippen LogP contribution is 2.33. The van der Waals surface area contributed by atoms with Crippen LogP contribution >= 0.6 is 15.9 Å². The van der Waals surface area contributed by atoms with Gasteiger partial charge in [0.1, 0.15) is 11.4 Å². The summed E-state index contributed by atoms with van der Waals surface area (Å²) in [5.41, 5.74) is 1.43. The van der Waals surface area contributed by atoms with E-state index >= 15 is 0 Å². The highest BCUT2D eigenvalue weighted by Gasteiger charge is 2.29. The van der Waals surface area contributed by atoms with Gasteiger partial charge in [-0.25, -0.2) is 9.48 Å². The van der Waals surface area contributed by atoms with Gasteiger partial charge in [-0.2, -0.15) is 10.1 Å². The average molecular weight is 512 g/mol. The van der Waals surface area contributed by atoms with Gasteiger partial charge in [-0.3, -0.25) is 4.79 Å². The smallest absolute Gasteiger partial charge is 0.359 e. The predicted octanol–water partition coefficient (Wildman–Crippen LogP) is 4.11. The van der Waals surface area contributed by atoms with Crippen molar-refractivity contribution in [3.63, 3.8) is 0 Å². The molecule has 10 nitrogen and oxygen atoms in total. The summed E-state index contributed by atoms with van der Waals surface area (Å²) >= 11 is 3.38. The standard InChI is InChI=1S/C22H18BrN5O5/c1-12(29)24-17-18(20-25-21(33-27-20)13-7-9-14(23)10-8-13)26-28(19(17)22(30)32-3)15-5-4-6-16(11-15)31-2/h4-11H,1-3H3,(H,24,29). The number of amides is 1. The van der Waals surface area contributed by atoms with E-state index in [1.54, 1.807) is 24.3 Å². The molecule has 1 N–H and O–H groups in total. The van der Waals surface area contributed by atoms with Crippen molar-refractivity contribution in [2.24, 2.45) is 0 Å². The van der Waals surface area contributed by atoms with Crippen molar-refractivity contribution >= 4 is 33.5 Å². The zero-order valence-electron chi connectivity index (χ0n) is 17.8. The molecule has 0 aliphatic heterocycles. The third-order valence-electron chi connectivity index (χ3n) is 4.59. The first-order chi connectivity index (χ1) is 15.9. The highest BCUT2D eigenvalue weighted by molar-refractivity contribution is 9.10. The van der Waals surface area contributed by atoms with E-state index in [2.05, 4.69) is 36.5 Å². The Kier molecular flexibility index (Phi) is 6.22. The molecule has 0 fully saturated rings. The number of nitrogens with one attached hydrogen (secondary N) is 1. The van der Waals surface area contributed by atoms with E-state index in [1.165, 1.54) is 25.8 Å². The Morgan fingerprint density at radius 1 is 1.12 bits per heavy atom. The zero-order chi connectivity index (χ0) is 23.5. The van der Waals surface area contributed by atoms with E-state index in [9.17, 15) is 9.59 Å². The van der Waals surface area contributed by atoms with Crippen LogP contribution in [0.15, 0.2) is 57.5 Å². The van der Waals surface area contributed by atoms with E-state index in [4.69, 9.17) is 14.0 Å². The number of hydrogen-bond acceptors (Lipinski definition) is 8. The van der Waals surface area contributed by atoms with Crippen LogP contribution in [0.3, 0.4) is 0 Å². The number of hydrogen-bond donors (Lipinski definition) is 1. The Hall–Kier alpha value is -3.99. The number of methoxy groups -OCH3 is 2. The fourth-order valence-electron chi connectivity index (χ4n) is 3.11. The molecular weight excluding hydrogens is 494 g/mol. The molecule has 0 unspecified atom stereocenters. The summed E-state index contributed by atoms with van der Waals surface area (Å²) in [4.78, 5) is 29.1. The summed E-state index contributed by atoms with van der Waals surface area (Å²) in [7, 11) is 2.77. The topological polar surface area (TPSA) is 121 Å². The lowest BCUT2D eigenvalue weighted by molar-refractivity contribution is -0.114. The van der Waals surface area contributed by atoms with Crippen molar-refractivity contribution < 1.29 is 23.6 Å². The molecule has 2 aromatic heterocycles. The van der Waals surface area contributed by atoms with E-state index in [1.807, 2.05) is 24.3 Å². The van der Waals surface area contributed by atoms with Gasteiger partial charge in [0, 0.05) is 23.0 Å². The van der Waals surface area contributed by atoms with Gasteiger partial charge in [-0.15, -0.1) is 0 Å². The molecule has 0 radical (unpaired) electrons. The van der Waals surface area contributed by atoms with E-state index in [-0.39, 0.29) is 28.8 Å². The van der Waals surface area contributed by atoms with Gasteiger partial charge >= 0.3 is 5.97 Å². The summed E-state index contributed by atoms with van der Waals surface area (Å²) in [5.74, 6) is -0.232. The van der Waals surface area contributed by atoms with Crippen LogP contribution < -0.4 is 10.1 Å². The fourth-order valence-corrected chi connectivity index (χ4v) is 3.38. The quantitative estimate of drug-likeness (QED) is 0.384. The van der Waals surface area contributed by atoms with Gasteiger partial charge in [-0.05, 0) is 36.4 Å². The summed E-state index contributed by atoms with van der Waals surface area (Å²) in [6, 6.07) is 14.2. The normalized spacial score (nSPS) is 10.7. The number of ether oxygens (including phenoxy) is 2. The molecule has 0 atom stereocenters. The molecule has 0 aliphatic rings. The van der Waals surface area contributed by atoms with Gasteiger partial charge in [-0.1, -0.05) is 27.2 Å². The Morgan fingerprint density at radius 2 is 1.88 bits per heavy atom. The summed E-state index contributed by atoms with van der Waals surface area (Å²) in [6.07, 6.45) is 0. The third kappa shape index (κ3) is 4.48. The van der Waals surface area contributed by atoms with Crippen molar-refractivity contribution in [3.8, 4) is 34.4 Å². The van der Waals surface area contributed by atoms with Gasteiger partial charge in [0.2, 0.25) is 11.7 Å². The van der Waals surface area contributed by atoms with Gasteiger partial charge in [0.25, 0.3) is 5.89 Å². The number of anilines is 1. The number of carbonyl (C=O) groups excluding carboxylic acids is 2. The first-order valence-corrected chi connectivity index (χ1v) is 10.4. The number of aromatic nitrogens is 4. The molecule has 168 valence electrons. The Labute approximate surface area is 196 Å². The number of halogens is 1. The molecule has 0 spiro atoms. The maximum Gasteiger partial charge on any atom is 0.359 e. The van der Waals surface area contributed by atoms with Crippen molar-refractivity contribution in [1.29, 1.82) is 0 Å². The van der Waals surface area contributed by atoms with Crippen LogP contribution in [0.25, 0.3) is 28.7 Å². The minimum Gasteiger partial charge on any atom is -0.497 e. The Balaban J connectivity index is 1.90. The zero-order valence-corrected chi connectivity index (χ0v) is 19.4. The summed E-state index contributed by atoms with van der Waals surface area (Å²) in [6.45, 7) is 1.32. The summed E-state index contributed by atoms with van der Waals surface area (Å²) < 4.78 is 17.9. The van der Waals surface area contributed by atoms with Crippen LogP contribution in [0.5, 0.6) is 5.75 Å². The van der Waals surface area contributed by atoms with Gasteiger partial charge in [0.15, 0.2) is 11.4 Å². The van der Waals surface area contributed by atoms with Crippen molar-refractivity contribution in [2.75, 3.05) is 19.5 Å². The fraction of sp³-hybridized carbons (Fsp3) is 0.136. The van der Waals surface area contributed by atoms with E-state index in [0.717, 1.165) is 4.47 Å². The lowest BCUT2D eigenvalue weighted by Crippen LogP contribution is -2.15. The highest BCUT2D eigenvalue weighted by atomic mass is 79.9. The van der Waals surface area contributed by atoms with Crippen LogP contribution in [0, 0.1) is 0 Å². The Morgan fingerprint density at radius 3 is 2.55 bits per heavy atom. The lowest BCUT2D eigenvalue weighted by atomic mass is 10.2. The number of esters is 1. The monoisotopic (exact) mass is 511 g/mol. The van der Waals surface area contributed by atoms with Crippen LogP contribution in [0.1, 0.15) is 17.4 Å². The number of carbonyl (C=O) groups is 2. The summed E-state index contributed by atoms with van der Waals surface area (Å²) in [5, 5.41) is 11.2. The molecule has 2 aromatic carbocycles. The lowest BCUT2D eigenvalue weighted by Gasteiger charge is -2.09. The molecule has 4 aromatic rings. The maximum atomic E-state index is 12.7. The minimum atomic E-state index is -0.711. The molecule has 0 bridgehead atoms. The molecule has 33 heavy (non-hydrogen) atoms. The number of rotatable bonds is 6. The second-order valence-electron chi connectivity index (χ2n) is 6.79. The molecule has 2 heterocycles. The molecule has 0 saturated heterocycles. The molecule has 11 heteroatoms. The van der Waals surface area contributed by atoms with Crippen LogP contribution in [0.2, 0.25) is 0 Å². The molecule has 4 rings (SSSR count). The molecule has 1 amide bonds. The van der Waals surface area contributed by atoms with E-state index in [0.29, 0.717) is 17.0 Å². The second kappa shape index (κ2) is 9.25. The third-order valence-corrected chi connectivity index (χ3v) is 5.12. The van der Waals surface area contributed by atoms with Crippen molar-refractivity contribution in [1.82, 2.24) is 19.9 Å². The predicted molar refractivity (Wildman–Crippen MR) is 122 cm³/mol. The number of nitrogens with zero attached hydrogens (tertiary/aromatic N) is 4. The SMILES string of the molecule is COC(=O)c1c(NC(C)=O)c(-c2noc(-c3ccc(Br)cc3)n2)nn1-c1cccc(OC)c1. The van der Waals surface area contributed by atoms with Crippen LogP contribution in [-0.4, -0.2) is 46.0 Å². The minimum absolute atomic E-state index is 0.00838.